The van der Waals surface area contributed by atoms with E-state index in [4.69, 9.17) is 4.74 Å². The van der Waals surface area contributed by atoms with Crippen molar-refractivity contribution in [2.75, 3.05) is 14.2 Å². The third-order valence-corrected chi connectivity index (χ3v) is 4.42. The zero-order valence-electron chi connectivity index (χ0n) is 13.0. The van der Waals surface area contributed by atoms with Crippen LogP contribution in [0, 0.1) is 0 Å². The zero-order chi connectivity index (χ0) is 14.4. The second-order valence-electron chi connectivity index (χ2n) is 5.58. The molecule has 1 aliphatic rings. The molecule has 1 aliphatic carbocycles. The van der Waals surface area contributed by atoms with Crippen molar-refractivity contribution >= 4 is 0 Å². The van der Waals surface area contributed by atoms with Crippen LogP contribution in [0.5, 0.6) is 5.75 Å². The number of hydrogen-bond acceptors (Lipinski definition) is 2. The molecule has 2 rings (SSSR count). The average molecular weight is 273 g/mol. The van der Waals surface area contributed by atoms with Crippen molar-refractivity contribution in [2.24, 2.45) is 0 Å². The first kappa shape index (κ1) is 15.1. The van der Waals surface area contributed by atoms with Crippen molar-refractivity contribution in [3.05, 3.63) is 41.0 Å². The fourth-order valence-corrected chi connectivity index (χ4v) is 3.21. The van der Waals surface area contributed by atoms with Crippen LogP contribution >= 0.6 is 0 Å². The Kier molecular flexibility index (Phi) is 5.66. The molecule has 2 heteroatoms. The molecule has 20 heavy (non-hydrogen) atoms. The van der Waals surface area contributed by atoms with E-state index >= 15 is 0 Å². The van der Waals surface area contributed by atoms with Crippen molar-refractivity contribution < 1.29 is 4.74 Å². The van der Waals surface area contributed by atoms with E-state index in [-0.39, 0.29) is 0 Å². The van der Waals surface area contributed by atoms with Gasteiger partial charge in [-0.2, -0.15) is 0 Å². The number of benzene rings is 1. The maximum Gasteiger partial charge on any atom is 0.118 e. The quantitative estimate of drug-likeness (QED) is 0.788. The van der Waals surface area contributed by atoms with Crippen molar-refractivity contribution in [1.29, 1.82) is 0 Å². The fourth-order valence-electron chi connectivity index (χ4n) is 3.21. The molecule has 1 aromatic carbocycles. The summed E-state index contributed by atoms with van der Waals surface area (Å²) in [6, 6.07) is 8.95. The molecule has 0 spiro atoms. The smallest absolute Gasteiger partial charge is 0.118 e. The van der Waals surface area contributed by atoms with Gasteiger partial charge >= 0.3 is 0 Å². The summed E-state index contributed by atoms with van der Waals surface area (Å²) in [7, 11) is 3.80. The monoisotopic (exact) mass is 273 g/mol. The molecule has 0 bridgehead atoms. The van der Waals surface area contributed by atoms with Crippen molar-refractivity contribution in [1.82, 2.24) is 5.32 Å². The second-order valence-corrected chi connectivity index (χ2v) is 5.58. The van der Waals surface area contributed by atoms with Crippen LogP contribution in [0.25, 0.3) is 0 Å². The maximum atomic E-state index is 5.23. The number of nitrogens with one attached hydrogen (secondary N) is 1. The van der Waals surface area contributed by atoms with Gasteiger partial charge in [0.25, 0.3) is 0 Å². The highest BCUT2D eigenvalue weighted by Gasteiger charge is 2.19. The molecule has 0 amide bonds. The van der Waals surface area contributed by atoms with Gasteiger partial charge in [0, 0.05) is 6.04 Å². The predicted octanol–water partition coefficient (Wildman–Crippen LogP) is 4.11. The summed E-state index contributed by atoms with van der Waals surface area (Å²) in [5, 5.41) is 3.52. The van der Waals surface area contributed by atoms with Crippen molar-refractivity contribution in [3.8, 4) is 5.75 Å². The van der Waals surface area contributed by atoms with Crippen LogP contribution < -0.4 is 10.1 Å². The molecule has 0 fully saturated rings. The molecule has 2 nitrogen and oxygen atoms in total. The van der Waals surface area contributed by atoms with E-state index in [0.717, 1.165) is 12.2 Å². The number of likely N-dealkylation sites (N-methyl/N-ethyl adjacent to an activating group) is 1. The first-order valence-electron chi connectivity index (χ1n) is 7.79. The molecule has 0 heterocycles. The summed E-state index contributed by atoms with van der Waals surface area (Å²) in [4.78, 5) is 0. The topological polar surface area (TPSA) is 21.3 Å². The lowest BCUT2D eigenvalue weighted by Gasteiger charge is -2.27. The Balaban J connectivity index is 2.13. The van der Waals surface area contributed by atoms with Gasteiger partial charge in [-0.25, -0.2) is 0 Å². The van der Waals surface area contributed by atoms with Gasteiger partial charge in [0.2, 0.25) is 0 Å². The highest BCUT2D eigenvalue weighted by molar-refractivity contribution is 5.30. The Morgan fingerprint density at radius 3 is 2.45 bits per heavy atom. The summed E-state index contributed by atoms with van der Waals surface area (Å²) >= 11 is 0. The lowest BCUT2D eigenvalue weighted by atomic mass is 9.84. The van der Waals surface area contributed by atoms with Gasteiger partial charge in [0.05, 0.1) is 7.11 Å². The summed E-state index contributed by atoms with van der Waals surface area (Å²) in [5.74, 6) is 0.931. The minimum atomic E-state index is 0.485. The molecule has 1 aromatic rings. The molecule has 1 unspecified atom stereocenters. The minimum Gasteiger partial charge on any atom is -0.497 e. The minimum absolute atomic E-state index is 0.485. The molecule has 0 aliphatic heterocycles. The zero-order valence-corrected chi connectivity index (χ0v) is 13.0. The molecular weight excluding hydrogens is 246 g/mol. The van der Waals surface area contributed by atoms with Gasteiger partial charge in [-0.3, -0.25) is 0 Å². The SMILES string of the molecule is CCC1=C(C(Cc2ccc(OC)cc2)NC)CCCC1. The molecule has 1 atom stereocenters. The Bertz CT molecular complexity index is 447. The van der Waals surface area contributed by atoms with E-state index in [0.29, 0.717) is 6.04 Å². The van der Waals surface area contributed by atoms with Crippen molar-refractivity contribution in [3.63, 3.8) is 0 Å². The van der Waals surface area contributed by atoms with Gasteiger partial charge in [-0.1, -0.05) is 30.2 Å². The number of methoxy groups -OCH3 is 1. The third-order valence-electron chi connectivity index (χ3n) is 4.42. The van der Waals surface area contributed by atoms with Gasteiger partial charge < -0.3 is 10.1 Å². The lowest BCUT2D eigenvalue weighted by molar-refractivity contribution is 0.414. The third kappa shape index (κ3) is 3.63. The second kappa shape index (κ2) is 7.49. The van der Waals surface area contributed by atoms with Crippen LogP contribution in [0.4, 0.5) is 0 Å². The van der Waals surface area contributed by atoms with Crippen LogP contribution in [0.2, 0.25) is 0 Å². The lowest BCUT2D eigenvalue weighted by Crippen LogP contribution is -2.31. The Hall–Kier alpha value is -1.28. The molecule has 0 aromatic heterocycles. The predicted molar refractivity (Wildman–Crippen MR) is 85.3 cm³/mol. The summed E-state index contributed by atoms with van der Waals surface area (Å²) in [5.41, 5.74) is 4.72. The van der Waals surface area contributed by atoms with E-state index in [1.165, 1.54) is 37.7 Å². The number of ether oxygens (including phenoxy) is 1. The highest BCUT2D eigenvalue weighted by Crippen LogP contribution is 2.30. The standard InChI is InChI=1S/C18H27NO/c1-4-15-7-5-6-8-17(15)18(19-2)13-14-9-11-16(20-3)12-10-14/h9-12,18-19H,4-8,13H2,1-3H3. The first-order valence-corrected chi connectivity index (χ1v) is 7.79. The first-order chi connectivity index (χ1) is 9.78. The van der Waals surface area contributed by atoms with E-state index in [9.17, 15) is 0 Å². The van der Waals surface area contributed by atoms with Crippen LogP contribution in [0.3, 0.4) is 0 Å². The molecule has 110 valence electrons. The summed E-state index contributed by atoms with van der Waals surface area (Å²) < 4.78 is 5.23. The normalized spacial score (nSPS) is 17.1. The van der Waals surface area contributed by atoms with Gasteiger partial charge in [0.1, 0.15) is 5.75 Å². The van der Waals surface area contributed by atoms with Crippen molar-refractivity contribution in [2.45, 2.75) is 51.5 Å². The average Bonchev–Trinajstić information content (AvgIpc) is 2.53. The van der Waals surface area contributed by atoms with E-state index < -0.39 is 0 Å². The highest BCUT2D eigenvalue weighted by atomic mass is 16.5. The van der Waals surface area contributed by atoms with Crippen LogP contribution in [-0.4, -0.2) is 20.2 Å². The molecular formula is C18H27NO. The van der Waals surface area contributed by atoms with Gasteiger partial charge in [0.15, 0.2) is 0 Å². The molecule has 1 N–H and O–H groups in total. The Morgan fingerprint density at radius 2 is 1.85 bits per heavy atom. The van der Waals surface area contributed by atoms with E-state index in [1.54, 1.807) is 18.3 Å². The van der Waals surface area contributed by atoms with Crippen LogP contribution in [0.1, 0.15) is 44.6 Å². The summed E-state index contributed by atoms with van der Waals surface area (Å²) in [6.07, 6.45) is 7.55. The maximum absolute atomic E-state index is 5.23. The van der Waals surface area contributed by atoms with E-state index in [2.05, 4.69) is 43.6 Å². The van der Waals surface area contributed by atoms with E-state index in [1.807, 2.05) is 0 Å². The molecule has 0 radical (unpaired) electrons. The molecule has 0 saturated carbocycles. The summed E-state index contributed by atoms with van der Waals surface area (Å²) in [6.45, 7) is 2.29. The van der Waals surface area contributed by atoms with Gasteiger partial charge in [-0.15, -0.1) is 0 Å². The number of allylic oxidation sites excluding steroid dienone is 1. The van der Waals surface area contributed by atoms with Gasteiger partial charge in [-0.05, 0) is 63.3 Å². The largest absolute Gasteiger partial charge is 0.497 e. The van der Waals surface area contributed by atoms with Crippen LogP contribution in [-0.2, 0) is 6.42 Å². The fraction of sp³-hybridized carbons (Fsp3) is 0.556. The number of hydrogen-bond donors (Lipinski definition) is 1. The molecule has 0 saturated heterocycles. The Morgan fingerprint density at radius 1 is 1.15 bits per heavy atom. The van der Waals surface area contributed by atoms with Crippen LogP contribution in [0.15, 0.2) is 35.4 Å². The Labute approximate surface area is 123 Å². The number of rotatable bonds is 6.